The highest BCUT2D eigenvalue weighted by molar-refractivity contribution is 6.39. The van der Waals surface area contributed by atoms with Gasteiger partial charge in [-0.05, 0) is 12.8 Å². The Kier molecular flexibility index (Phi) is 5.33. The molecule has 25 heavy (non-hydrogen) atoms. The summed E-state index contributed by atoms with van der Waals surface area (Å²) in [5.41, 5.74) is 2.69. The van der Waals surface area contributed by atoms with Crippen LogP contribution < -0.4 is 5.43 Å². The van der Waals surface area contributed by atoms with Gasteiger partial charge in [0.15, 0.2) is 0 Å². The Hall–Kier alpha value is -1.61. The van der Waals surface area contributed by atoms with Crippen LogP contribution in [0.3, 0.4) is 0 Å². The van der Waals surface area contributed by atoms with Crippen molar-refractivity contribution >= 4 is 17.5 Å². The number of rotatable bonds is 4. The summed E-state index contributed by atoms with van der Waals surface area (Å²) in [5.74, 6) is -3.03. The molecule has 3 aliphatic heterocycles. The van der Waals surface area contributed by atoms with Crippen molar-refractivity contribution in [2.24, 2.45) is 5.10 Å². The number of methoxy groups -OCH3 is 1. The van der Waals surface area contributed by atoms with Crippen LogP contribution in [-0.2, 0) is 14.3 Å². The number of ether oxygens (including phenoxy) is 1. The maximum absolute atomic E-state index is 13.8. The number of halogens is 2. The molecule has 3 heterocycles. The molecular weight excluding hydrogens is 334 g/mol. The van der Waals surface area contributed by atoms with Gasteiger partial charge in [-0.15, -0.1) is 0 Å². The predicted octanol–water partition coefficient (Wildman–Crippen LogP) is 0.599. The molecule has 0 aliphatic carbocycles. The number of piperidine rings is 1. The summed E-state index contributed by atoms with van der Waals surface area (Å²) < 4.78 is 32.7. The van der Waals surface area contributed by atoms with E-state index in [1.54, 1.807) is 4.90 Å². The molecule has 0 unspecified atom stereocenters. The molecule has 3 aliphatic rings. The first-order valence-corrected chi connectivity index (χ1v) is 8.67. The molecule has 0 bridgehead atoms. The third kappa shape index (κ3) is 4.14. The second-order valence-corrected chi connectivity index (χ2v) is 6.96. The molecular formula is C16H24F2N4O3. The van der Waals surface area contributed by atoms with Crippen LogP contribution in [0.2, 0.25) is 0 Å². The number of nitrogens with zero attached hydrogens (tertiary/aromatic N) is 3. The molecule has 9 heteroatoms. The lowest BCUT2D eigenvalue weighted by Crippen LogP contribution is -2.51. The Morgan fingerprint density at radius 1 is 1.36 bits per heavy atom. The first kappa shape index (κ1) is 18.2. The topological polar surface area (TPSA) is 74.2 Å². The van der Waals surface area contributed by atoms with Gasteiger partial charge < -0.3 is 9.64 Å². The van der Waals surface area contributed by atoms with E-state index in [0.29, 0.717) is 44.7 Å². The molecule has 1 atom stereocenters. The Bertz CT molecular complexity index is 562. The van der Waals surface area contributed by atoms with Crippen molar-refractivity contribution < 1.29 is 23.1 Å². The number of likely N-dealkylation sites (tertiary alicyclic amines) is 2. The van der Waals surface area contributed by atoms with Crippen molar-refractivity contribution in [3.05, 3.63) is 0 Å². The van der Waals surface area contributed by atoms with Gasteiger partial charge in [0.25, 0.3) is 11.8 Å². The van der Waals surface area contributed by atoms with Crippen LogP contribution in [0.15, 0.2) is 5.10 Å². The molecule has 0 aromatic carbocycles. The van der Waals surface area contributed by atoms with E-state index in [1.807, 2.05) is 4.90 Å². The lowest BCUT2D eigenvalue weighted by Gasteiger charge is -2.39. The number of alkyl halides is 2. The van der Waals surface area contributed by atoms with Crippen LogP contribution in [0.25, 0.3) is 0 Å². The number of carbonyl (C=O) groups excluding carboxylic acids is 2. The van der Waals surface area contributed by atoms with E-state index in [4.69, 9.17) is 4.74 Å². The smallest absolute Gasteiger partial charge is 0.270 e. The van der Waals surface area contributed by atoms with E-state index in [9.17, 15) is 18.4 Å². The monoisotopic (exact) mass is 358 g/mol. The Morgan fingerprint density at radius 3 is 2.68 bits per heavy atom. The van der Waals surface area contributed by atoms with E-state index in [0.717, 1.165) is 0 Å². The largest absolute Gasteiger partial charge is 0.383 e. The molecule has 1 N–H and O–H groups in total. The second kappa shape index (κ2) is 7.33. The van der Waals surface area contributed by atoms with Crippen LogP contribution in [0.5, 0.6) is 0 Å². The van der Waals surface area contributed by atoms with E-state index in [1.165, 1.54) is 7.11 Å². The molecule has 0 saturated carbocycles. The van der Waals surface area contributed by atoms with Gasteiger partial charge >= 0.3 is 0 Å². The summed E-state index contributed by atoms with van der Waals surface area (Å²) >= 11 is 0. The van der Waals surface area contributed by atoms with Gasteiger partial charge in [0, 0.05) is 51.5 Å². The fraction of sp³-hybridized carbons (Fsp3) is 0.812. The Labute approximate surface area is 145 Å². The van der Waals surface area contributed by atoms with Crippen molar-refractivity contribution in [2.75, 3.05) is 33.4 Å². The molecule has 0 radical (unpaired) electrons. The molecule has 3 rings (SSSR count). The van der Waals surface area contributed by atoms with Gasteiger partial charge in [-0.1, -0.05) is 0 Å². The van der Waals surface area contributed by atoms with Gasteiger partial charge in [-0.3, -0.25) is 14.5 Å². The third-order valence-electron chi connectivity index (χ3n) is 5.15. The van der Waals surface area contributed by atoms with Crippen molar-refractivity contribution in [3.63, 3.8) is 0 Å². The number of amides is 2. The molecule has 2 saturated heterocycles. The molecule has 2 fully saturated rings. The number of hydrazone groups is 1. The number of hydrogen-bond donors (Lipinski definition) is 1. The molecule has 7 nitrogen and oxygen atoms in total. The first-order valence-electron chi connectivity index (χ1n) is 8.67. The Balaban J connectivity index is 1.56. The average Bonchev–Trinajstić information content (AvgIpc) is 2.90. The quantitative estimate of drug-likeness (QED) is 0.799. The number of hydrogen-bond acceptors (Lipinski definition) is 5. The minimum Gasteiger partial charge on any atom is -0.383 e. The fourth-order valence-electron chi connectivity index (χ4n) is 3.91. The summed E-state index contributed by atoms with van der Waals surface area (Å²) in [6, 6.07) is -0.240. The van der Waals surface area contributed by atoms with Crippen LogP contribution in [0.4, 0.5) is 8.78 Å². The van der Waals surface area contributed by atoms with E-state index >= 15 is 0 Å². The predicted molar refractivity (Wildman–Crippen MR) is 86.3 cm³/mol. The zero-order valence-electron chi connectivity index (χ0n) is 14.3. The summed E-state index contributed by atoms with van der Waals surface area (Å²) in [6.45, 7) is 1.08. The molecule has 0 aromatic heterocycles. The van der Waals surface area contributed by atoms with Crippen LogP contribution in [-0.4, -0.2) is 78.7 Å². The van der Waals surface area contributed by atoms with Crippen LogP contribution >= 0.6 is 0 Å². The van der Waals surface area contributed by atoms with Crippen molar-refractivity contribution in [2.45, 2.75) is 50.1 Å². The highest BCUT2D eigenvalue weighted by atomic mass is 19.3. The minimum absolute atomic E-state index is 0.0329. The highest BCUT2D eigenvalue weighted by Gasteiger charge is 2.47. The van der Waals surface area contributed by atoms with Crippen LogP contribution in [0, 0.1) is 0 Å². The summed E-state index contributed by atoms with van der Waals surface area (Å²) in [7, 11) is 1.53. The van der Waals surface area contributed by atoms with Crippen molar-refractivity contribution in [1.82, 2.24) is 15.2 Å². The third-order valence-corrected chi connectivity index (χ3v) is 5.15. The van der Waals surface area contributed by atoms with E-state index in [2.05, 4.69) is 10.5 Å². The standard InChI is InChI=1S/C16H24F2N4O3/c1-25-9-12-8-16(17,18)10-22(12)11-4-6-21(7-5-11)15(24)13-2-3-14(23)20-19-13/h11-12H,2-10H2,1H3,(H,20,23)/t12-/m0/s1. The van der Waals surface area contributed by atoms with Gasteiger partial charge in [0.2, 0.25) is 5.91 Å². The summed E-state index contributed by atoms with van der Waals surface area (Å²) in [5, 5.41) is 3.84. The summed E-state index contributed by atoms with van der Waals surface area (Å²) in [4.78, 5) is 27.1. The van der Waals surface area contributed by atoms with Crippen molar-refractivity contribution in [1.29, 1.82) is 0 Å². The maximum atomic E-state index is 13.8. The number of carbonyl (C=O) groups is 2. The maximum Gasteiger partial charge on any atom is 0.270 e. The van der Waals surface area contributed by atoms with E-state index < -0.39 is 5.92 Å². The summed E-state index contributed by atoms with van der Waals surface area (Å²) in [6.07, 6.45) is 1.75. The van der Waals surface area contributed by atoms with Gasteiger partial charge in [-0.2, -0.15) is 5.10 Å². The average molecular weight is 358 g/mol. The lowest BCUT2D eigenvalue weighted by molar-refractivity contribution is -0.126. The normalized spacial score (nSPS) is 28.0. The van der Waals surface area contributed by atoms with Gasteiger partial charge in [0.05, 0.1) is 13.2 Å². The van der Waals surface area contributed by atoms with Gasteiger partial charge in [0.1, 0.15) is 5.71 Å². The minimum atomic E-state index is -2.68. The molecule has 0 spiro atoms. The number of nitrogens with one attached hydrogen (secondary N) is 1. The van der Waals surface area contributed by atoms with Crippen molar-refractivity contribution in [3.8, 4) is 0 Å². The molecule has 140 valence electrons. The fourth-order valence-corrected chi connectivity index (χ4v) is 3.91. The van der Waals surface area contributed by atoms with Gasteiger partial charge in [-0.25, -0.2) is 14.2 Å². The lowest BCUT2D eigenvalue weighted by atomic mass is 10.0. The molecule has 2 amide bonds. The SMILES string of the molecule is COC[C@@H]1CC(F)(F)CN1C1CCN(C(=O)C2=NNC(=O)CC2)CC1. The first-order chi connectivity index (χ1) is 11.9. The Morgan fingerprint density at radius 2 is 2.08 bits per heavy atom. The van der Waals surface area contributed by atoms with Crippen LogP contribution in [0.1, 0.15) is 32.1 Å². The zero-order chi connectivity index (χ0) is 18.0. The second-order valence-electron chi connectivity index (χ2n) is 6.96. The van der Waals surface area contributed by atoms with E-state index in [-0.39, 0.29) is 43.3 Å². The molecule has 0 aromatic rings. The zero-order valence-corrected chi connectivity index (χ0v) is 14.3. The highest BCUT2D eigenvalue weighted by Crippen LogP contribution is 2.35.